The number of nitrogens with zero attached hydrogens (tertiary/aromatic N) is 1. The third kappa shape index (κ3) is 3.98. The molecular weight excluding hydrogens is 286 g/mol. The molecule has 118 valence electrons. The van der Waals surface area contributed by atoms with Gasteiger partial charge < -0.3 is 4.74 Å². The highest BCUT2D eigenvalue weighted by Gasteiger charge is 2.32. The maximum atomic E-state index is 12.6. The van der Waals surface area contributed by atoms with Gasteiger partial charge in [-0.15, -0.1) is 0 Å². The second kappa shape index (κ2) is 5.97. The molecule has 0 aromatic heterocycles. The van der Waals surface area contributed by atoms with Gasteiger partial charge in [-0.25, -0.2) is 8.42 Å². The van der Waals surface area contributed by atoms with Crippen molar-refractivity contribution in [3.8, 4) is 5.75 Å². The quantitative estimate of drug-likeness (QED) is 0.857. The molecule has 2 rings (SSSR count). The molecule has 1 fully saturated rings. The molecule has 0 spiro atoms. The van der Waals surface area contributed by atoms with Gasteiger partial charge in [-0.05, 0) is 56.4 Å². The van der Waals surface area contributed by atoms with Crippen LogP contribution in [-0.2, 0) is 10.0 Å². The highest BCUT2D eigenvalue weighted by atomic mass is 32.2. The number of sulfonamides is 1. The largest absolute Gasteiger partial charge is 0.491 e. The zero-order valence-corrected chi connectivity index (χ0v) is 14.1. The molecule has 0 amide bonds. The summed E-state index contributed by atoms with van der Waals surface area (Å²) in [6.45, 7) is 9.46. The summed E-state index contributed by atoms with van der Waals surface area (Å²) < 4.78 is 32.4. The third-order valence-corrected chi connectivity index (χ3v) is 5.82. The van der Waals surface area contributed by atoms with E-state index >= 15 is 0 Å². The summed E-state index contributed by atoms with van der Waals surface area (Å²) in [5, 5.41) is 0. The fourth-order valence-electron chi connectivity index (χ4n) is 2.44. The van der Waals surface area contributed by atoms with E-state index in [1.54, 1.807) is 28.6 Å². The number of hydrogen-bond acceptors (Lipinski definition) is 3. The first-order chi connectivity index (χ1) is 9.71. The molecule has 0 saturated carbocycles. The van der Waals surface area contributed by atoms with E-state index in [9.17, 15) is 8.42 Å². The molecule has 1 aromatic rings. The normalized spacial score (nSPS) is 19.7. The average Bonchev–Trinajstić information content (AvgIpc) is 2.38. The van der Waals surface area contributed by atoms with Crippen molar-refractivity contribution in [3.05, 3.63) is 24.3 Å². The Balaban J connectivity index is 2.13. The second-order valence-electron chi connectivity index (χ2n) is 6.71. The van der Waals surface area contributed by atoms with Gasteiger partial charge in [0.15, 0.2) is 0 Å². The van der Waals surface area contributed by atoms with Crippen LogP contribution in [0.2, 0.25) is 0 Å². The number of hydrogen-bond donors (Lipinski definition) is 0. The Morgan fingerprint density at radius 1 is 1.10 bits per heavy atom. The van der Waals surface area contributed by atoms with Gasteiger partial charge in [0.25, 0.3) is 0 Å². The summed E-state index contributed by atoms with van der Waals surface area (Å²) in [6.07, 6.45) is 1.89. The van der Waals surface area contributed by atoms with Gasteiger partial charge in [0, 0.05) is 13.1 Å². The van der Waals surface area contributed by atoms with Crippen LogP contribution < -0.4 is 4.74 Å². The van der Waals surface area contributed by atoms with Crippen molar-refractivity contribution in [3.63, 3.8) is 0 Å². The summed E-state index contributed by atoms with van der Waals surface area (Å²) in [6, 6.07) is 6.71. The van der Waals surface area contributed by atoms with Gasteiger partial charge in [0.2, 0.25) is 10.0 Å². The Morgan fingerprint density at radius 3 is 2.10 bits per heavy atom. The molecule has 1 aliphatic heterocycles. The van der Waals surface area contributed by atoms with Crippen molar-refractivity contribution in [1.29, 1.82) is 0 Å². The maximum absolute atomic E-state index is 12.6. The van der Waals surface area contributed by atoms with Crippen LogP contribution in [0, 0.1) is 5.41 Å². The summed E-state index contributed by atoms with van der Waals surface area (Å²) >= 11 is 0. The summed E-state index contributed by atoms with van der Waals surface area (Å²) in [4.78, 5) is 0.346. The number of ether oxygens (including phenoxy) is 1. The predicted octanol–water partition coefficient (Wildman–Crippen LogP) is 3.28. The number of benzene rings is 1. The molecule has 0 atom stereocenters. The van der Waals surface area contributed by atoms with Crippen molar-refractivity contribution in [1.82, 2.24) is 4.31 Å². The first kappa shape index (κ1) is 16.3. The lowest BCUT2D eigenvalue weighted by atomic mass is 9.83. The lowest BCUT2D eigenvalue weighted by molar-refractivity contribution is 0.196. The topological polar surface area (TPSA) is 46.6 Å². The van der Waals surface area contributed by atoms with Gasteiger partial charge in [-0.3, -0.25) is 0 Å². The van der Waals surface area contributed by atoms with Crippen LogP contribution in [0.3, 0.4) is 0 Å². The van der Waals surface area contributed by atoms with E-state index < -0.39 is 10.0 Å². The molecule has 21 heavy (non-hydrogen) atoms. The van der Waals surface area contributed by atoms with E-state index in [2.05, 4.69) is 13.8 Å². The Hall–Kier alpha value is -1.07. The number of rotatable bonds is 4. The van der Waals surface area contributed by atoms with Crippen LogP contribution in [0.5, 0.6) is 5.75 Å². The van der Waals surface area contributed by atoms with Gasteiger partial charge in [-0.1, -0.05) is 13.8 Å². The molecule has 1 aliphatic rings. The molecule has 0 N–H and O–H groups in total. The first-order valence-electron chi connectivity index (χ1n) is 7.48. The average molecular weight is 311 g/mol. The molecule has 0 radical (unpaired) electrons. The van der Waals surface area contributed by atoms with E-state index in [0.717, 1.165) is 12.8 Å². The highest BCUT2D eigenvalue weighted by molar-refractivity contribution is 7.89. The van der Waals surface area contributed by atoms with Crippen LogP contribution in [0.4, 0.5) is 0 Å². The molecule has 1 saturated heterocycles. The molecular formula is C16H25NO3S. The summed E-state index contributed by atoms with van der Waals surface area (Å²) in [5.41, 5.74) is 0.237. The molecule has 0 aliphatic carbocycles. The van der Waals surface area contributed by atoms with E-state index in [4.69, 9.17) is 4.74 Å². The van der Waals surface area contributed by atoms with Crippen molar-refractivity contribution in [2.24, 2.45) is 5.41 Å². The van der Waals surface area contributed by atoms with E-state index in [0.29, 0.717) is 23.7 Å². The fourth-order valence-corrected chi connectivity index (χ4v) is 3.88. The Bertz CT molecular complexity index is 566. The highest BCUT2D eigenvalue weighted by Crippen LogP contribution is 2.32. The molecule has 1 heterocycles. The fraction of sp³-hybridized carbons (Fsp3) is 0.625. The van der Waals surface area contributed by atoms with Crippen molar-refractivity contribution in [2.75, 3.05) is 13.1 Å². The van der Waals surface area contributed by atoms with Gasteiger partial charge in [-0.2, -0.15) is 4.31 Å². The second-order valence-corrected chi connectivity index (χ2v) is 8.64. The van der Waals surface area contributed by atoms with E-state index in [-0.39, 0.29) is 11.5 Å². The van der Waals surface area contributed by atoms with Gasteiger partial charge >= 0.3 is 0 Å². The molecule has 5 heteroatoms. The Kier molecular flexibility index (Phi) is 4.63. The molecule has 1 aromatic carbocycles. The minimum atomic E-state index is -3.38. The molecule has 0 unspecified atom stereocenters. The van der Waals surface area contributed by atoms with Crippen LogP contribution in [0.1, 0.15) is 40.5 Å². The SMILES string of the molecule is CC(C)Oc1ccc(S(=O)(=O)N2CCC(C)(C)CC2)cc1. The van der Waals surface area contributed by atoms with Crippen molar-refractivity contribution in [2.45, 2.75) is 51.5 Å². The van der Waals surface area contributed by atoms with Gasteiger partial charge in [0.1, 0.15) is 5.75 Å². The Labute approximate surface area is 128 Å². The van der Waals surface area contributed by atoms with Gasteiger partial charge in [0.05, 0.1) is 11.0 Å². The smallest absolute Gasteiger partial charge is 0.243 e. The predicted molar refractivity (Wildman–Crippen MR) is 84.0 cm³/mol. The zero-order valence-electron chi connectivity index (χ0n) is 13.3. The monoisotopic (exact) mass is 311 g/mol. The lowest BCUT2D eigenvalue weighted by Gasteiger charge is -2.36. The lowest BCUT2D eigenvalue weighted by Crippen LogP contribution is -2.41. The van der Waals surface area contributed by atoms with Crippen molar-refractivity contribution < 1.29 is 13.2 Å². The maximum Gasteiger partial charge on any atom is 0.243 e. The summed E-state index contributed by atoms with van der Waals surface area (Å²) in [7, 11) is -3.38. The van der Waals surface area contributed by atoms with Crippen molar-refractivity contribution >= 4 is 10.0 Å². The van der Waals surface area contributed by atoms with E-state index in [1.807, 2.05) is 13.8 Å². The van der Waals surface area contributed by atoms with Crippen LogP contribution in [0.25, 0.3) is 0 Å². The third-order valence-electron chi connectivity index (χ3n) is 3.91. The van der Waals surface area contributed by atoms with E-state index in [1.165, 1.54) is 0 Å². The standard InChI is InChI=1S/C16H25NO3S/c1-13(2)20-14-5-7-15(8-6-14)21(18,19)17-11-9-16(3,4)10-12-17/h5-8,13H,9-12H2,1-4H3. The van der Waals surface area contributed by atoms with Crippen LogP contribution in [-0.4, -0.2) is 31.9 Å². The molecule has 0 bridgehead atoms. The Morgan fingerprint density at radius 2 is 1.62 bits per heavy atom. The summed E-state index contributed by atoms with van der Waals surface area (Å²) in [5.74, 6) is 0.698. The molecule has 4 nitrogen and oxygen atoms in total. The zero-order chi connectivity index (χ0) is 15.7. The first-order valence-corrected chi connectivity index (χ1v) is 8.92. The minimum Gasteiger partial charge on any atom is -0.491 e. The van der Waals surface area contributed by atoms with Crippen LogP contribution in [0.15, 0.2) is 29.2 Å². The minimum absolute atomic E-state index is 0.0804. The number of piperidine rings is 1. The van der Waals surface area contributed by atoms with Crippen LogP contribution >= 0.6 is 0 Å².